The summed E-state index contributed by atoms with van der Waals surface area (Å²) < 4.78 is 9.80. The Morgan fingerprint density at radius 3 is 2.50 bits per heavy atom. The third-order valence-corrected chi connectivity index (χ3v) is 4.28. The van der Waals surface area contributed by atoms with Gasteiger partial charge in [-0.15, -0.1) is 0 Å². The van der Waals surface area contributed by atoms with Gasteiger partial charge in [-0.25, -0.2) is 4.79 Å². The van der Waals surface area contributed by atoms with Crippen LogP contribution in [0.1, 0.15) is 25.8 Å². The summed E-state index contributed by atoms with van der Waals surface area (Å²) in [4.78, 5) is 34.6. The number of rotatable bonds is 9. The van der Waals surface area contributed by atoms with Crippen molar-refractivity contribution in [3.05, 3.63) is 27.8 Å². The summed E-state index contributed by atoms with van der Waals surface area (Å²) in [5.41, 5.74) is 0.790. The van der Waals surface area contributed by atoms with Crippen molar-refractivity contribution >= 4 is 23.3 Å². The number of benzene rings is 1. The average Bonchev–Trinajstić information content (AvgIpc) is 2.62. The van der Waals surface area contributed by atoms with Gasteiger partial charge >= 0.3 is 11.7 Å². The van der Waals surface area contributed by atoms with Crippen molar-refractivity contribution in [1.82, 2.24) is 0 Å². The van der Waals surface area contributed by atoms with Crippen molar-refractivity contribution in [1.29, 1.82) is 0 Å². The van der Waals surface area contributed by atoms with E-state index in [9.17, 15) is 19.7 Å². The second-order valence-electron chi connectivity index (χ2n) is 6.02. The fraction of sp³-hybridized carbons (Fsp3) is 0.529. The number of carbonyl (C=O) groups is 2. The molecule has 1 rings (SSSR count). The molecule has 26 heavy (non-hydrogen) atoms. The number of hydrogen-bond acceptors (Lipinski definition) is 6. The lowest BCUT2D eigenvalue weighted by Gasteiger charge is -2.18. The quantitative estimate of drug-likeness (QED) is 0.381. The van der Waals surface area contributed by atoms with Crippen LogP contribution >= 0.6 is 0 Å². The van der Waals surface area contributed by atoms with Gasteiger partial charge in [0.2, 0.25) is 0 Å². The van der Waals surface area contributed by atoms with E-state index in [0.717, 1.165) is 6.42 Å². The van der Waals surface area contributed by atoms with E-state index in [0.29, 0.717) is 11.3 Å². The lowest BCUT2D eigenvalue weighted by atomic mass is 9.99. The van der Waals surface area contributed by atoms with Gasteiger partial charge in [0.15, 0.2) is 18.3 Å². The number of anilines is 1. The second-order valence-corrected chi connectivity index (χ2v) is 6.02. The summed E-state index contributed by atoms with van der Waals surface area (Å²) in [5, 5.41) is 15.3. The maximum Gasteiger partial charge on any atom is 0.364 e. The lowest BCUT2D eigenvalue weighted by Crippen LogP contribution is -2.94. The fourth-order valence-corrected chi connectivity index (χ4v) is 2.50. The fourth-order valence-electron chi connectivity index (χ4n) is 2.50. The van der Waals surface area contributed by atoms with E-state index in [1.54, 1.807) is 12.2 Å². The molecule has 9 heteroatoms. The van der Waals surface area contributed by atoms with Gasteiger partial charge in [0.25, 0.3) is 5.91 Å². The van der Waals surface area contributed by atoms with Crippen LogP contribution in [0.2, 0.25) is 0 Å². The van der Waals surface area contributed by atoms with Crippen LogP contribution in [0.3, 0.4) is 0 Å². The molecule has 0 radical (unpaired) electrons. The molecule has 1 aromatic carbocycles. The molecule has 1 aromatic rings. The Balaban J connectivity index is 2.84. The number of methoxy groups -OCH3 is 2. The van der Waals surface area contributed by atoms with Crippen LogP contribution in [-0.4, -0.2) is 43.6 Å². The molecule has 144 valence electrons. The SMILES string of the molecule is CC[C@H](C)[C@H]([NH2+]CC(=O)Nc1cc(OC)c([N+](=O)[O-])cc1C)C(=O)OC. The first-order valence-corrected chi connectivity index (χ1v) is 8.29. The first-order chi connectivity index (χ1) is 12.2. The highest BCUT2D eigenvalue weighted by atomic mass is 16.6. The smallest absolute Gasteiger partial charge is 0.364 e. The zero-order chi connectivity index (χ0) is 19.9. The zero-order valence-electron chi connectivity index (χ0n) is 15.7. The predicted octanol–water partition coefficient (Wildman–Crippen LogP) is 1.00. The van der Waals surface area contributed by atoms with Crippen LogP contribution in [0.4, 0.5) is 11.4 Å². The molecule has 0 aromatic heterocycles. The number of nitrogens with one attached hydrogen (secondary N) is 1. The molecule has 0 heterocycles. The van der Waals surface area contributed by atoms with Gasteiger partial charge < -0.3 is 20.1 Å². The Hall–Kier alpha value is -2.68. The Morgan fingerprint density at radius 2 is 2.00 bits per heavy atom. The maximum absolute atomic E-state index is 12.2. The second kappa shape index (κ2) is 9.71. The van der Waals surface area contributed by atoms with E-state index in [2.05, 4.69) is 5.32 Å². The monoisotopic (exact) mass is 368 g/mol. The number of carbonyl (C=O) groups excluding carboxylic acids is 2. The van der Waals surface area contributed by atoms with Crippen molar-refractivity contribution in [2.45, 2.75) is 33.2 Å². The first kappa shape index (κ1) is 21.4. The van der Waals surface area contributed by atoms with Crippen molar-refractivity contribution in [2.75, 3.05) is 26.1 Å². The van der Waals surface area contributed by atoms with Gasteiger partial charge in [-0.1, -0.05) is 13.8 Å². The molecule has 1 amide bonds. The topological polar surface area (TPSA) is 124 Å². The number of nitro benzene ring substituents is 1. The summed E-state index contributed by atoms with van der Waals surface area (Å²) in [6.45, 7) is 5.55. The Morgan fingerprint density at radius 1 is 1.35 bits per heavy atom. The van der Waals surface area contributed by atoms with Crippen LogP contribution in [0.25, 0.3) is 0 Å². The van der Waals surface area contributed by atoms with E-state index in [1.165, 1.54) is 26.4 Å². The summed E-state index contributed by atoms with van der Waals surface area (Å²) >= 11 is 0. The number of esters is 1. The molecule has 9 nitrogen and oxygen atoms in total. The van der Waals surface area contributed by atoms with E-state index in [4.69, 9.17) is 9.47 Å². The standard InChI is InChI=1S/C17H25N3O6/c1-6-10(2)16(17(22)26-5)18-9-15(21)19-12-8-14(25-4)13(20(23)24)7-11(12)3/h7-8,10,16,18H,6,9H2,1-5H3,(H,19,21)/p+1/t10-,16-/m0/s1. The van der Waals surface area contributed by atoms with Crippen LogP contribution in [0.15, 0.2) is 12.1 Å². The van der Waals surface area contributed by atoms with Crippen molar-refractivity contribution in [2.24, 2.45) is 5.92 Å². The summed E-state index contributed by atoms with van der Waals surface area (Å²) in [5.74, 6) is -0.593. The average molecular weight is 368 g/mol. The van der Waals surface area contributed by atoms with Gasteiger partial charge in [-0.3, -0.25) is 14.9 Å². The van der Waals surface area contributed by atoms with E-state index in [-0.39, 0.29) is 35.8 Å². The van der Waals surface area contributed by atoms with E-state index in [1.807, 2.05) is 13.8 Å². The van der Waals surface area contributed by atoms with Gasteiger partial charge in [0.1, 0.15) is 0 Å². The Labute approximate surface area is 152 Å². The zero-order valence-corrected chi connectivity index (χ0v) is 15.7. The molecule has 0 fully saturated rings. The minimum Gasteiger partial charge on any atom is -0.490 e. The number of nitrogens with two attached hydrogens (primary N) is 1. The Bertz CT molecular complexity index is 677. The number of amides is 1. The normalized spacial score (nSPS) is 12.8. The van der Waals surface area contributed by atoms with Gasteiger partial charge in [0, 0.05) is 23.7 Å². The molecule has 2 atom stereocenters. The Kier molecular flexibility index (Phi) is 7.98. The van der Waals surface area contributed by atoms with Crippen LogP contribution < -0.4 is 15.4 Å². The molecule has 0 unspecified atom stereocenters. The number of quaternary nitrogens is 1. The molecule has 3 N–H and O–H groups in total. The van der Waals surface area contributed by atoms with Crippen molar-refractivity contribution < 1.29 is 29.3 Å². The first-order valence-electron chi connectivity index (χ1n) is 8.29. The third-order valence-electron chi connectivity index (χ3n) is 4.28. The van der Waals surface area contributed by atoms with E-state index < -0.39 is 11.0 Å². The molecular formula is C17H26N3O6+. The number of aryl methyl sites for hydroxylation is 1. The van der Waals surface area contributed by atoms with Crippen molar-refractivity contribution in [3.63, 3.8) is 0 Å². The van der Waals surface area contributed by atoms with Crippen LogP contribution in [0.5, 0.6) is 5.75 Å². The van der Waals surface area contributed by atoms with Crippen LogP contribution in [-0.2, 0) is 14.3 Å². The largest absolute Gasteiger partial charge is 0.490 e. The molecule has 0 aliphatic heterocycles. The highest BCUT2D eigenvalue weighted by Crippen LogP contribution is 2.32. The summed E-state index contributed by atoms with van der Waals surface area (Å²) in [6, 6.07) is 2.29. The third kappa shape index (κ3) is 5.41. The molecule has 0 saturated heterocycles. The maximum atomic E-state index is 12.2. The summed E-state index contributed by atoms with van der Waals surface area (Å²) in [7, 11) is 2.64. The highest BCUT2D eigenvalue weighted by Gasteiger charge is 2.29. The molecule has 0 saturated carbocycles. The van der Waals surface area contributed by atoms with Crippen LogP contribution in [0, 0.1) is 23.0 Å². The molecule has 0 bridgehead atoms. The number of nitrogens with zero attached hydrogens (tertiary/aromatic N) is 1. The number of ether oxygens (including phenoxy) is 2. The number of hydrogen-bond donors (Lipinski definition) is 2. The number of nitro groups is 1. The van der Waals surface area contributed by atoms with E-state index >= 15 is 0 Å². The molecular weight excluding hydrogens is 342 g/mol. The van der Waals surface area contributed by atoms with Gasteiger partial charge in [-0.2, -0.15) is 0 Å². The highest BCUT2D eigenvalue weighted by molar-refractivity contribution is 5.92. The molecule has 0 spiro atoms. The van der Waals surface area contributed by atoms with Gasteiger partial charge in [0.05, 0.1) is 19.1 Å². The van der Waals surface area contributed by atoms with Gasteiger partial charge in [-0.05, 0) is 18.9 Å². The summed E-state index contributed by atoms with van der Waals surface area (Å²) in [6.07, 6.45) is 0.774. The lowest BCUT2D eigenvalue weighted by molar-refractivity contribution is -0.673. The predicted molar refractivity (Wildman–Crippen MR) is 95.1 cm³/mol. The minimum absolute atomic E-state index is 0.0167. The minimum atomic E-state index is -0.543. The molecule has 0 aliphatic carbocycles. The molecule has 0 aliphatic rings. The van der Waals surface area contributed by atoms with Crippen molar-refractivity contribution in [3.8, 4) is 5.75 Å².